The Morgan fingerprint density at radius 2 is 2.17 bits per heavy atom. The Morgan fingerprint density at radius 1 is 1.26 bits per heavy atom. The number of carbonyl (C=O) groups excluding carboxylic acids is 1. The van der Waals surface area contributed by atoms with Crippen molar-refractivity contribution in [2.24, 2.45) is 11.8 Å². The predicted molar refractivity (Wildman–Crippen MR) is 82.1 cm³/mol. The van der Waals surface area contributed by atoms with Crippen molar-refractivity contribution in [3.05, 3.63) is 59.7 Å². The minimum atomic E-state index is -0.269. The molecule has 3 atom stereocenters. The SMILES string of the molecule is O=C(c1ccnnc1)N1C[C@@H]2CNC[C@@H]2[C@H]1c1cccc(F)c1. The molecular weight excluding hydrogens is 295 g/mol. The van der Waals surface area contributed by atoms with Crippen LogP contribution in [-0.2, 0) is 0 Å². The van der Waals surface area contributed by atoms with Crippen LogP contribution < -0.4 is 5.32 Å². The summed E-state index contributed by atoms with van der Waals surface area (Å²) in [7, 11) is 0. The van der Waals surface area contributed by atoms with Crippen LogP contribution in [0, 0.1) is 17.7 Å². The van der Waals surface area contributed by atoms with E-state index in [4.69, 9.17) is 0 Å². The first-order valence-electron chi connectivity index (χ1n) is 7.78. The summed E-state index contributed by atoms with van der Waals surface area (Å²) in [5.41, 5.74) is 1.38. The van der Waals surface area contributed by atoms with E-state index in [9.17, 15) is 9.18 Å². The third-order valence-corrected chi connectivity index (χ3v) is 4.85. The molecule has 1 amide bonds. The van der Waals surface area contributed by atoms with Gasteiger partial charge in [-0.25, -0.2) is 4.39 Å². The Balaban J connectivity index is 1.71. The van der Waals surface area contributed by atoms with E-state index in [0.717, 1.165) is 18.7 Å². The van der Waals surface area contributed by atoms with Gasteiger partial charge in [-0.3, -0.25) is 4.79 Å². The van der Waals surface area contributed by atoms with Crippen molar-refractivity contribution in [2.75, 3.05) is 19.6 Å². The molecule has 2 saturated heterocycles. The van der Waals surface area contributed by atoms with Crippen LogP contribution in [0.4, 0.5) is 4.39 Å². The second-order valence-electron chi connectivity index (χ2n) is 6.17. The molecule has 0 bridgehead atoms. The van der Waals surface area contributed by atoms with Crippen molar-refractivity contribution in [3.63, 3.8) is 0 Å². The molecule has 118 valence electrons. The molecule has 2 aromatic rings. The summed E-state index contributed by atoms with van der Waals surface area (Å²) < 4.78 is 13.7. The normalized spacial score (nSPS) is 26.3. The van der Waals surface area contributed by atoms with E-state index in [2.05, 4.69) is 15.5 Å². The summed E-state index contributed by atoms with van der Waals surface area (Å²) in [6.07, 6.45) is 3.00. The van der Waals surface area contributed by atoms with Gasteiger partial charge in [0.05, 0.1) is 24.0 Å². The molecule has 2 fully saturated rings. The lowest BCUT2D eigenvalue weighted by atomic mass is 9.89. The van der Waals surface area contributed by atoms with Crippen molar-refractivity contribution in [2.45, 2.75) is 6.04 Å². The average molecular weight is 312 g/mol. The molecular formula is C17H17FN4O. The van der Waals surface area contributed by atoms with Crippen molar-refractivity contribution in [1.82, 2.24) is 20.4 Å². The van der Waals surface area contributed by atoms with E-state index in [-0.39, 0.29) is 17.8 Å². The molecule has 0 radical (unpaired) electrons. The highest BCUT2D eigenvalue weighted by atomic mass is 19.1. The van der Waals surface area contributed by atoms with Crippen LogP contribution in [0.2, 0.25) is 0 Å². The molecule has 1 N–H and O–H groups in total. The fourth-order valence-corrected chi connectivity index (χ4v) is 3.83. The minimum Gasteiger partial charge on any atom is -0.331 e. The number of aromatic nitrogens is 2. The van der Waals surface area contributed by atoms with Gasteiger partial charge in [-0.05, 0) is 29.7 Å². The Labute approximate surface area is 133 Å². The van der Waals surface area contributed by atoms with Crippen LogP contribution in [0.1, 0.15) is 22.0 Å². The number of hydrogen-bond donors (Lipinski definition) is 1. The summed E-state index contributed by atoms with van der Waals surface area (Å²) in [5.74, 6) is 0.385. The minimum absolute atomic E-state index is 0.0661. The number of halogens is 1. The van der Waals surface area contributed by atoms with Crippen LogP contribution in [0.5, 0.6) is 0 Å². The number of amides is 1. The third-order valence-electron chi connectivity index (χ3n) is 4.85. The monoisotopic (exact) mass is 312 g/mol. The van der Waals surface area contributed by atoms with Gasteiger partial charge < -0.3 is 10.2 Å². The highest BCUT2D eigenvalue weighted by molar-refractivity contribution is 5.94. The summed E-state index contributed by atoms with van der Waals surface area (Å²) in [6.45, 7) is 2.43. The van der Waals surface area contributed by atoms with E-state index in [1.165, 1.54) is 24.5 Å². The van der Waals surface area contributed by atoms with Gasteiger partial charge in [0.25, 0.3) is 5.91 Å². The Kier molecular flexibility index (Phi) is 3.53. The zero-order valence-electron chi connectivity index (χ0n) is 12.5. The van der Waals surface area contributed by atoms with Crippen LogP contribution in [-0.4, -0.2) is 40.6 Å². The first kappa shape index (κ1) is 14.3. The van der Waals surface area contributed by atoms with Crippen LogP contribution >= 0.6 is 0 Å². The molecule has 4 rings (SSSR count). The molecule has 3 heterocycles. The number of fused-ring (bicyclic) bond motifs is 1. The molecule has 1 aromatic carbocycles. The van der Waals surface area contributed by atoms with E-state index in [1.54, 1.807) is 12.1 Å². The second-order valence-corrected chi connectivity index (χ2v) is 6.17. The van der Waals surface area contributed by atoms with Crippen LogP contribution in [0.3, 0.4) is 0 Å². The molecule has 2 aliphatic rings. The van der Waals surface area contributed by atoms with Gasteiger partial charge in [-0.15, -0.1) is 0 Å². The summed E-state index contributed by atoms with van der Waals surface area (Å²) in [4.78, 5) is 14.8. The first-order chi connectivity index (χ1) is 11.2. The van der Waals surface area contributed by atoms with Crippen molar-refractivity contribution >= 4 is 5.91 Å². The Morgan fingerprint density at radius 3 is 2.96 bits per heavy atom. The third kappa shape index (κ3) is 2.49. The zero-order chi connectivity index (χ0) is 15.8. The maximum atomic E-state index is 13.7. The maximum Gasteiger partial charge on any atom is 0.256 e. The van der Waals surface area contributed by atoms with Gasteiger partial charge in [0, 0.05) is 25.6 Å². The van der Waals surface area contributed by atoms with Crippen LogP contribution in [0.15, 0.2) is 42.7 Å². The van der Waals surface area contributed by atoms with E-state index in [0.29, 0.717) is 23.9 Å². The summed E-state index contributed by atoms with van der Waals surface area (Å²) in [5, 5.41) is 10.9. The standard InChI is InChI=1S/C17H17FN4O/c18-14-3-1-2-11(6-14)16-15-9-19-7-13(15)10-22(16)17(23)12-4-5-20-21-8-12/h1-6,8,13,15-16,19H,7,9-10H2/t13-,15-,16+/m0/s1. The summed E-state index contributed by atoms with van der Waals surface area (Å²) >= 11 is 0. The van der Waals surface area contributed by atoms with Gasteiger partial charge in [0.1, 0.15) is 5.82 Å². The summed E-state index contributed by atoms with van der Waals surface area (Å²) in [6, 6.07) is 8.14. The van der Waals surface area contributed by atoms with Gasteiger partial charge in [0.15, 0.2) is 0 Å². The zero-order valence-corrected chi connectivity index (χ0v) is 12.5. The number of nitrogens with zero attached hydrogens (tertiary/aromatic N) is 3. The van der Waals surface area contributed by atoms with Crippen LogP contribution in [0.25, 0.3) is 0 Å². The lowest BCUT2D eigenvalue weighted by Gasteiger charge is -2.28. The van der Waals surface area contributed by atoms with Crippen molar-refractivity contribution in [1.29, 1.82) is 0 Å². The Hall–Kier alpha value is -2.34. The second kappa shape index (κ2) is 5.70. The van der Waals surface area contributed by atoms with E-state index >= 15 is 0 Å². The molecule has 23 heavy (non-hydrogen) atoms. The smallest absolute Gasteiger partial charge is 0.256 e. The maximum absolute atomic E-state index is 13.7. The Bertz CT molecular complexity index is 724. The molecule has 6 heteroatoms. The predicted octanol–water partition coefficient (Wildman–Crippen LogP) is 1.65. The number of hydrogen-bond acceptors (Lipinski definition) is 4. The first-order valence-corrected chi connectivity index (χ1v) is 7.78. The number of carbonyl (C=O) groups is 1. The number of benzene rings is 1. The number of likely N-dealkylation sites (tertiary alicyclic amines) is 1. The quantitative estimate of drug-likeness (QED) is 0.916. The molecule has 2 aliphatic heterocycles. The molecule has 0 unspecified atom stereocenters. The fraction of sp³-hybridized carbons (Fsp3) is 0.353. The van der Waals surface area contributed by atoms with Crippen molar-refractivity contribution < 1.29 is 9.18 Å². The van der Waals surface area contributed by atoms with E-state index in [1.807, 2.05) is 11.0 Å². The van der Waals surface area contributed by atoms with Gasteiger partial charge in [0.2, 0.25) is 0 Å². The van der Waals surface area contributed by atoms with Crippen molar-refractivity contribution in [3.8, 4) is 0 Å². The van der Waals surface area contributed by atoms with Gasteiger partial charge in [-0.1, -0.05) is 12.1 Å². The topological polar surface area (TPSA) is 58.1 Å². The highest BCUT2D eigenvalue weighted by Gasteiger charge is 2.46. The molecule has 5 nitrogen and oxygen atoms in total. The molecule has 0 aliphatic carbocycles. The highest BCUT2D eigenvalue weighted by Crippen LogP contribution is 2.43. The van der Waals surface area contributed by atoms with E-state index < -0.39 is 0 Å². The lowest BCUT2D eigenvalue weighted by molar-refractivity contribution is 0.0713. The number of rotatable bonds is 2. The average Bonchev–Trinajstić information content (AvgIpc) is 3.15. The van der Waals surface area contributed by atoms with Gasteiger partial charge >= 0.3 is 0 Å². The largest absolute Gasteiger partial charge is 0.331 e. The lowest BCUT2D eigenvalue weighted by Crippen LogP contribution is -2.34. The molecule has 0 saturated carbocycles. The molecule has 1 aromatic heterocycles. The molecule has 0 spiro atoms. The number of nitrogens with one attached hydrogen (secondary N) is 1. The van der Waals surface area contributed by atoms with Gasteiger partial charge in [-0.2, -0.15) is 10.2 Å². The fourth-order valence-electron chi connectivity index (χ4n) is 3.83.